The summed E-state index contributed by atoms with van der Waals surface area (Å²) in [6, 6.07) is 9.43. The molecule has 1 heterocycles. The number of aromatic nitrogens is 2. The van der Waals surface area contributed by atoms with E-state index >= 15 is 0 Å². The van der Waals surface area contributed by atoms with Gasteiger partial charge in [-0.1, -0.05) is 66.2 Å². The van der Waals surface area contributed by atoms with Crippen molar-refractivity contribution in [1.29, 1.82) is 0 Å². The molecule has 0 saturated heterocycles. The molecule has 0 fully saturated rings. The summed E-state index contributed by atoms with van der Waals surface area (Å²) in [5.41, 5.74) is 1.50. The van der Waals surface area contributed by atoms with Gasteiger partial charge in [0.05, 0.1) is 25.0 Å². The molecule has 2 amide bonds. The molecule has 7 heteroatoms. The van der Waals surface area contributed by atoms with Gasteiger partial charge in [-0.25, -0.2) is 4.68 Å². The van der Waals surface area contributed by atoms with Crippen molar-refractivity contribution < 1.29 is 14.3 Å². The zero-order chi connectivity index (χ0) is 25.8. The van der Waals surface area contributed by atoms with Gasteiger partial charge in [0, 0.05) is 24.4 Å². The van der Waals surface area contributed by atoms with Gasteiger partial charge in [0.1, 0.15) is 11.6 Å². The van der Waals surface area contributed by atoms with Crippen molar-refractivity contribution in [2.45, 2.75) is 91.4 Å². The highest BCUT2D eigenvalue weighted by molar-refractivity contribution is 5.94. The average Bonchev–Trinajstić information content (AvgIpc) is 3.26. The van der Waals surface area contributed by atoms with Crippen LogP contribution in [0.3, 0.4) is 0 Å². The highest BCUT2D eigenvalue weighted by atomic mass is 16.5. The number of hydrogen-bond donors (Lipinski definition) is 1. The van der Waals surface area contributed by atoms with Crippen LogP contribution in [0.5, 0.6) is 5.75 Å². The fourth-order valence-corrected chi connectivity index (χ4v) is 3.88. The predicted molar refractivity (Wildman–Crippen MR) is 142 cm³/mol. The third-order valence-electron chi connectivity index (χ3n) is 6.13. The van der Waals surface area contributed by atoms with Crippen LogP contribution in [0, 0.1) is 0 Å². The molecule has 0 aliphatic carbocycles. The van der Waals surface area contributed by atoms with Crippen LogP contribution in [0.25, 0.3) is 5.69 Å². The molecule has 0 aliphatic heterocycles. The molecule has 0 spiro atoms. The minimum Gasteiger partial charge on any atom is -0.497 e. The van der Waals surface area contributed by atoms with Crippen molar-refractivity contribution in [2.75, 3.05) is 25.5 Å². The summed E-state index contributed by atoms with van der Waals surface area (Å²) in [5.74, 6) is 1.14. The van der Waals surface area contributed by atoms with Gasteiger partial charge in [-0.05, 0) is 37.6 Å². The summed E-state index contributed by atoms with van der Waals surface area (Å²) >= 11 is 0. The molecule has 2 aromatic rings. The Morgan fingerprint density at radius 2 is 1.63 bits per heavy atom. The second kappa shape index (κ2) is 13.9. The summed E-state index contributed by atoms with van der Waals surface area (Å²) in [6.45, 7) is 10.9. The molecular formula is C28H44N4O3. The van der Waals surface area contributed by atoms with Crippen molar-refractivity contribution >= 4 is 17.6 Å². The van der Waals surface area contributed by atoms with Crippen molar-refractivity contribution in [1.82, 2.24) is 14.7 Å². The normalized spacial score (nSPS) is 11.4. The first-order valence-electron chi connectivity index (χ1n) is 13.0. The lowest BCUT2D eigenvalue weighted by Crippen LogP contribution is -2.38. The number of rotatable bonds is 14. The Hall–Kier alpha value is -2.83. The summed E-state index contributed by atoms with van der Waals surface area (Å²) < 4.78 is 6.99. The number of ether oxygens (including phenoxy) is 1. The SMILES string of the molecule is CCCCCCCCCC(=O)N(CC)CC(=O)Nc1cc(C(C)(C)C)nn1-c1ccc(OC)cc1. The van der Waals surface area contributed by atoms with E-state index in [-0.39, 0.29) is 23.8 Å². The minimum absolute atomic E-state index is 0.0322. The van der Waals surface area contributed by atoms with Crippen LogP contribution < -0.4 is 10.1 Å². The minimum atomic E-state index is -0.227. The molecule has 2 rings (SSSR count). The average molecular weight is 485 g/mol. The van der Waals surface area contributed by atoms with E-state index in [0.29, 0.717) is 18.8 Å². The van der Waals surface area contributed by atoms with Crippen molar-refractivity contribution in [3.05, 3.63) is 36.0 Å². The van der Waals surface area contributed by atoms with Gasteiger partial charge in [0.15, 0.2) is 0 Å². The number of benzene rings is 1. The molecule has 0 saturated carbocycles. The zero-order valence-corrected chi connectivity index (χ0v) is 22.5. The summed E-state index contributed by atoms with van der Waals surface area (Å²) in [6.07, 6.45) is 8.64. The van der Waals surface area contributed by atoms with E-state index < -0.39 is 0 Å². The van der Waals surface area contributed by atoms with E-state index in [1.54, 1.807) is 16.7 Å². The Labute approximate surface area is 211 Å². The van der Waals surface area contributed by atoms with Crippen LogP contribution in [0.4, 0.5) is 5.82 Å². The van der Waals surface area contributed by atoms with Crippen LogP contribution in [0.1, 0.15) is 91.7 Å². The second-order valence-corrected chi connectivity index (χ2v) is 10.1. The molecule has 1 aromatic carbocycles. The standard InChI is InChI=1S/C28H44N4O3/c1-7-9-10-11-12-13-14-15-27(34)31(8-2)21-26(33)29-25-20-24(28(3,4)5)30-32(25)22-16-18-23(35-6)19-17-22/h16-20H,7-15,21H2,1-6H3,(H,29,33). The van der Waals surface area contributed by atoms with Crippen LogP contribution in [-0.4, -0.2) is 46.7 Å². The van der Waals surface area contributed by atoms with Gasteiger partial charge in [0.2, 0.25) is 11.8 Å². The number of carbonyl (C=O) groups excluding carboxylic acids is 2. The number of carbonyl (C=O) groups is 2. The van der Waals surface area contributed by atoms with Gasteiger partial charge >= 0.3 is 0 Å². The molecule has 194 valence electrons. The largest absolute Gasteiger partial charge is 0.497 e. The fraction of sp³-hybridized carbons (Fsp3) is 0.607. The smallest absolute Gasteiger partial charge is 0.245 e. The van der Waals surface area contributed by atoms with Crippen molar-refractivity contribution in [2.24, 2.45) is 0 Å². The van der Waals surface area contributed by atoms with Crippen LogP contribution in [-0.2, 0) is 15.0 Å². The summed E-state index contributed by atoms with van der Waals surface area (Å²) in [7, 11) is 1.63. The van der Waals surface area contributed by atoms with Crippen molar-refractivity contribution in [3.8, 4) is 11.4 Å². The highest BCUT2D eigenvalue weighted by Crippen LogP contribution is 2.27. The Kier molecular flexibility index (Phi) is 11.3. The number of amides is 2. The first kappa shape index (κ1) is 28.4. The van der Waals surface area contributed by atoms with E-state index in [0.717, 1.165) is 30.0 Å². The van der Waals surface area contributed by atoms with Gasteiger partial charge in [-0.2, -0.15) is 5.10 Å². The number of hydrogen-bond acceptors (Lipinski definition) is 4. The summed E-state index contributed by atoms with van der Waals surface area (Å²) in [4.78, 5) is 27.3. The maximum Gasteiger partial charge on any atom is 0.245 e. The predicted octanol–water partition coefficient (Wildman–Crippen LogP) is 6.11. The lowest BCUT2D eigenvalue weighted by Gasteiger charge is -2.20. The molecule has 0 unspecified atom stereocenters. The van der Waals surface area contributed by atoms with Crippen LogP contribution in [0.2, 0.25) is 0 Å². The van der Waals surface area contributed by atoms with E-state index in [1.807, 2.05) is 37.3 Å². The van der Waals surface area contributed by atoms with E-state index in [2.05, 4.69) is 33.0 Å². The van der Waals surface area contributed by atoms with Gasteiger partial charge in [0.25, 0.3) is 0 Å². The highest BCUT2D eigenvalue weighted by Gasteiger charge is 2.22. The summed E-state index contributed by atoms with van der Waals surface area (Å²) in [5, 5.41) is 7.73. The Bertz CT molecular complexity index is 929. The van der Waals surface area contributed by atoms with Crippen molar-refractivity contribution in [3.63, 3.8) is 0 Å². The first-order chi connectivity index (χ1) is 16.7. The maximum absolute atomic E-state index is 12.9. The number of nitrogens with one attached hydrogen (secondary N) is 1. The van der Waals surface area contributed by atoms with Gasteiger partial charge in [-0.15, -0.1) is 0 Å². The molecular weight excluding hydrogens is 440 g/mol. The molecule has 7 nitrogen and oxygen atoms in total. The number of unbranched alkanes of at least 4 members (excludes halogenated alkanes) is 6. The number of methoxy groups -OCH3 is 1. The third kappa shape index (κ3) is 9.04. The van der Waals surface area contributed by atoms with Gasteiger partial charge in [-0.3, -0.25) is 9.59 Å². The number of likely N-dealkylation sites (N-methyl/N-ethyl adjacent to an activating group) is 1. The van der Waals surface area contributed by atoms with Gasteiger partial charge < -0.3 is 15.0 Å². The van der Waals surface area contributed by atoms with Crippen LogP contribution in [0.15, 0.2) is 30.3 Å². The fourth-order valence-electron chi connectivity index (χ4n) is 3.88. The number of nitrogens with zero attached hydrogens (tertiary/aromatic N) is 3. The molecule has 0 atom stereocenters. The Morgan fingerprint density at radius 3 is 2.20 bits per heavy atom. The molecule has 35 heavy (non-hydrogen) atoms. The topological polar surface area (TPSA) is 76.5 Å². The molecule has 0 aliphatic rings. The lowest BCUT2D eigenvalue weighted by atomic mass is 9.92. The second-order valence-electron chi connectivity index (χ2n) is 10.1. The molecule has 0 radical (unpaired) electrons. The Balaban J connectivity index is 2.02. The van der Waals surface area contributed by atoms with E-state index in [9.17, 15) is 9.59 Å². The third-order valence-corrected chi connectivity index (χ3v) is 6.13. The number of anilines is 1. The molecule has 1 N–H and O–H groups in total. The zero-order valence-electron chi connectivity index (χ0n) is 22.5. The van der Waals surface area contributed by atoms with Crippen LogP contribution >= 0.6 is 0 Å². The Morgan fingerprint density at radius 1 is 1.00 bits per heavy atom. The molecule has 0 bridgehead atoms. The van der Waals surface area contributed by atoms with E-state index in [1.165, 1.54) is 32.1 Å². The van der Waals surface area contributed by atoms with E-state index in [4.69, 9.17) is 9.84 Å². The lowest BCUT2D eigenvalue weighted by molar-refractivity contribution is -0.134. The molecule has 1 aromatic heterocycles. The first-order valence-corrected chi connectivity index (χ1v) is 13.0. The quantitative estimate of drug-likeness (QED) is 0.328. The maximum atomic E-state index is 12.9. The monoisotopic (exact) mass is 484 g/mol.